The number of nitrogens with zero attached hydrogens (tertiary/aromatic N) is 2. The Morgan fingerprint density at radius 1 is 1.47 bits per heavy atom. The summed E-state index contributed by atoms with van der Waals surface area (Å²) in [6.45, 7) is 0.348. The maximum absolute atomic E-state index is 9.28. The van der Waals surface area contributed by atoms with Crippen LogP contribution < -0.4 is 22.3 Å². The monoisotopic (exact) mass is 236 g/mol. The molecule has 0 aliphatic heterocycles. The fraction of sp³-hybridized carbons (Fsp3) is 0.111. The van der Waals surface area contributed by atoms with Crippen LogP contribution in [0.1, 0.15) is 5.76 Å². The molecule has 7 N–H and O–H groups in total. The summed E-state index contributed by atoms with van der Waals surface area (Å²) < 4.78 is 5.11. The van der Waals surface area contributed by atoms with Crippen LogP contribution in [0.4, 0.5) is 17.2 Å². The third kappa shape index (κ3) is 2.00. The maximum Gasteiger partial charge on any atom is 0.207 e. The van der Waals surface area contributed by atoms with Crippen molar-refractivity contribution >= 4 is 17.2 Å². The summed E-state index contributed by atoms with van der Waals surface area (Å²) in [5, 5.41) is 23.1. The van der Waals surface area contributed by atoms with Crippen molar-refractivity contribution in [3.63, 3.8) is 0 Å². The van der Waals surface area contributed by atoms with Crippen molar-refractivity contribution in [2.75, 3.05) is 16.8 Å². The number of hydrogen-bond acceptors (Lipinski definition) is 7. The van der Waals surface area contributed by atoms with Gasteiger partial charge >= 0.3 is 0 Å². The summed E-state index contributed by atoms with van der Waals surface area (Å²) >= 11 is 0. The van der Waals surface area contributed by atoms with Crippen LogP contribution in [0, 0.1) is 5.41 Å². The predicted molar refractivity (Wildman–Crippen MR) is 60.1 cm³/mol. The number of hydrogen-bond donors (Lipinski definition) is 5. The molecule has 2 aromatic rings. The van der Waals surface area contributed by atoms with Crippen molar-refractivity contribution in [2.45, 2.75) is 6.54 Å². The zero-order chi connectivity index (χ0) is 12.4. The van der Waals surface area contributed by atoms with E-state index >= 15 is 0 Å². The molecule has 2 rings (SSSR count). The highest BCUT2D eigenvalue weighted by molar-refractivity contribution is 5.73. The first kappa shape index (κ1) is 10.9. The van der Waals surface area contributed by atoms with Crippen LogP contribution in [-0.4, -0.2) is 15.2 Å². The van der Waals surface area contributed by atoms with E-state index < -0.39 is 0 Å². The fourth-order valence-corrected chi connectivity index (χ4v) is 1.28. The molecular weight excluding hydrogens is 224 g/mol. The van der Waals surface area contributed by atoms with Gasteiger partial charge in [0.2, 0.25) is 5.49 Å². The van der Waals surface area contributed by atoms with E-state index in [4.69, 9.17) is 21.3 Å². The van der Waals surface area contributed by atoms with E-state index in [0.29, 0.717) is 17.2 Å². The average Bonchev–Trinajstić information content (AvgIpc) is 2.82. The van der Waals surface area contributed by atoms with E-state index in [-0.39, 0.29) is 22.7 Å². The number of furan rings is 1. The van der Waals surface area contributed by atoms with E-state index in [1.807, 2.05) is 0 Å². The zero-order valence-corrected chi connectivity index (χ0v) is 8.84. The van der Waals surface area contributed by atoms with Crippen molar-refractivity contribution in [2.24, 2.45) is 0 Å². The Bertz CT molecular complexity index is 574. The fourth-order valence-electron chi connectivity index (χ4n) is 1.28. The lowest BCUT2D eigenvalue weighted by Crippen LogP contribution is -2.26. The lowest BCUT2D eigenvalue weighted by Gasteiger charge is -2.10. The van der Waals surface area contributed by atoms with Gasteiger partial charge in [-0.2, -0.15) is 0 Å². The molecule has 0 spiro atoms. The summed E-state index contributed by atoms with van der Waals surface area (Å²) in [4.78, 5) is 0.357. The molecule has 2 heterocycles. The van der Waals surface area contributed by atoms with Crippen LogP contribution in [0.15, 0.2) is 22.8 Å². The van der Waals surface area contributed by atoms with Crippen LogP contribution in [-0.2, 0) is 6.54 Å². The maximum atomic E-state index is 9.28. The molecule has 0 saturated carbocycles. The molecule has 0 amide bonds. The Morgan fingerprint density at radius 2 is 2.24 bits per heavy atom. The van der Waals surface area contributed by atoms with Gasteiger partial charge < -0.3 is 26.4 Å². The van der Waals surface area contributed by atoms with Crippen molar-refractivity contribution in [1.82, 2.24) is 9.94 Å². The van der Waals surface area contributed by atoms with Gasteiger partial charge in [-0.05, 0) is 12.1 Å². The van der Waals surface area contributed by atoms with E-state index in [9.17, 15) is 5.21 Å². The topological polar surface area (TPSA) is 139 Å². The third-order valence-corrected chi connectivity index (χ3v) is 2.21. The molecule has 0 unspecified atom stereocenters. The van der Waals surface area contributed by atoms with Crippen LogP contribution in [0.25, 0.3) is 0 Å². The molecule has 0 radical (unpaired) electrons. The van der Waals surface area contributed by atoms with Crippen LogP contribution in [0.2, 0.25) is 0 Å². The smallest absolute Gasteiger partial charge is 0.207 e. The molecule has 8 nitrogen and oxygen atoms in total. The standard InChI is InChI=1S/C9H12N6O2/c10-6-7(11)9(14-15(16)8(6)12)13-4-5-2-1-3-17-5/h1-3,12,16H,4,10-11H2,(H,13,14). The van der Waals surface area contributed by atoms with Gasteiger partial charge in [0.1, 0.15) is 17.1 Å². The normalized spacial score (nSPS) is 10.4. The third-order valence-electron chi connectivity index (χ3n) is 2.21. The molecule has 90 valence electrons. The van der Waals surface area contributed by atoms with Gasteiger partial charge in [0, 0.05) is 0 Å². The average molecular weight is 236 g/mol. The van der Waals surface area contributed by atoms with Gasteiger partial charge in [-0.3, -0.25) is 5.41 Å². The second-order valence-corrected chi connectivity index (χ2v) is 3.35. The van der Waals surface area contributed by atoms with E-state index in [2.05, 4.69) is 10.4 Å². The Labute approximate surface area is 95.9 Å². The molecule has 0 fully saturated rings. The quantitative estimate of drug-likeness (QED) is 0.474. The van der Waals surface area contributed by atoms with Gasteiger partial charge in [0.15, 0.2) is 5.82 Å². The van der Waals surface area contributed by atoms with Crippen LogP contribution >= 0.6 is 0 Å². The Balaban J connectivity index is 2.25. The summed E-state index contributed by atoms with van der Waals surface area (Å²) in [7, 11) is 0. The molecule has 8 heteroatoms. The zero-order valence-electron chi connectivity index (χ0n) is 8.84. The van der Waals surface area contributed by atoms with Crippen molar-refractivity contribution in [3.05, 3.63) is 29.6 Å². The number of anilines is 3. The predicted octanol–water partition coefficient (Wildman–Crippen LogP) is -0.0306. The Kier molecular flexibility index (Phi) is 2.61. The highest BCUT2D eigenvalue weighted by Crippen LogP contribution is 2.18. The molecule has 0 atom stereocenters. The minimum atomic E-state index is -0.356. The molecule has 0 aliphatic rings. The number of nitrogens with one attached hydrogen (secondary N) is 2. The van der Waals surface area contributed by atoms with Gasteiger partial charge in [0.05, 0.1) is 12.8 Å². The first-order chi connectivity index (χ1) is 8.09. The summed E-state index contributed by atoms with van der Waals surface area (Å²) in [6, 6.07) is 3.53. The highest BCUT2D eigenvalue weighted by atomic mass is 16.5. The number of nitrogens with two attached hydrogens (primary N) is 2. The summed E-state index contributed by atoms with van der Waals surface area (Å²) in [6.07, 6.45) is 1.54. The number of rotatable bonds is 3. The van der Waals surface area contributed by atoms with Crippen molar-refractivity contribution in [3.8, 4) is 0 Å². The molecule has 0 aromatic carbocycles. The molecule has 0 saturated heterocycles. The van der Waals surface area contributed by atoms with Gasteiger partial charge in [-0.1, -0.05) is 4.85 Å². The molecule has 17 heavy (non-hydrogen) atoms. The molecule has 2 aromatic heterocycles. The van der Waals surface area contributed by atoms with Crippen LogP contribution in [0.5, 0.6) is 0 Å². The molecule has 0 aliphatic carbocycles. The molecule has 0 bridgehead atoms. The lowest BCUT2D eigenvalue weighted by atomic mass is 10.3. The Hall–Kier alpha value is -2.64. The van der Waals surface area contributed by atoms with Gasteiger partial charge in [0.25, 0.3) is 0 Å². The van der Waals surface area contributed by atoms with E-state index in [1.54, 1.807) is 18.4 Å². The van der Waals surface area contributed by atoms with E-state index in [0.717, 1.165) is 0 Å². The first-order valence-electron chi connectivity index (χ1n) is 4.78. The SMILES string of the molecule is N=c1c(N)c(N)c(NCc2ccco2)nn1O. The van der Waals surface area contributed by atoms with Gasteiger partial charge in [-0.15, -0.1) is 5.10 Å². The summed E-state index contributed by atoms with van der Waals surface area (Å²) in [5.41, 5.74) is 10.9. The summed E-state index contributed by atoms with van der Waals surface area (Å²) in [5.74, 6) is 0.876. The number of aromatic nitrogens is 2. The first-order valence-corrected chi connectivity index (χ1v) is 4.78. The number of nitrogen functional groups attached to an aromatic ring is 2. The van der Waals surface area contributed by atoms with E-state index in [1.165, 1.54) is 0 Å². The largest absolute Gasteiger partial charge is 0.467 e. The molecular formula is C9H12N6O2. The van der Waals surface area contributed by atoms with Crippen molar-refractivity contribution < 1.29 is 9.62 Å². The second kappa shape index (κ2) is 4.08. The van der Waals surface area contributed by atoms with Gasteiger partial charge in [-0.25, -0.2) is 0 Å². The minimum absolute atomic E-state index is 0.0376. The Morgan fingerprint density at radius 3 is 2.88 bits per heavy atom. The van der Waals surface area contributed by atoms with Crippen LogP contribution in [0.3, 0.4) is 0 Å². The second-order valence-electron chi connectivity index (χ2n) is 3.35. The highest BCUT2D eigenvalue weighted by Gasteiger charge is 2.10. The minimum Gasteiger partial charge on any atom is -0.467 e. The van der Waals surface area contributed by atoms with Crippen molar-refractivity contribution in [1.29, 1.82) is 5.41 Å². The lowest BCUT2D eigenvalue weighted by molar-refractivity contribution is 0.132.